The Balaban J connectivity index is 1.70. The fraction of sp³-hybridized carbons (Fsp3) is 0.421. The fourth-order valence-corrected chi connectivity index (χ4v) is 4.67. The SMILES string of the molecule is COc1ccc(OC)c(S(=O)(=O)N2CCC(Oc3ccc(C)nc3)CC2)c1. The van der Waals surface area contributed by atoms with E-state index < -0.39 is 10.0 Å². The molecule has 7 nitrogen and oxygen atoms in total. The second kappa shape index (κ2) is 8.14. The Hall–Kier alpha value is -2.32. The van der Waals surface area contributed by atoms with Crippen molar-refractivity contribution in [2.45, 2.75) is 30.8 Å². The number of ether oxygens (including phenoxy) is 3. The number of hydrogen-bond donors (Lipinski definition) is 0. The summed E-state index contributed by atoms with van der Waals surface area (Å²) in [6.07, 6.45) is 2.88. The predicted molar refractivity (Wildman–Crippen MR) is 101 cm³/mol. The second-order valence-electron chi connectivity index (χ2n) is 6.37. The summed E-state index contributed by atoms with van der Waals surface area (Å²) in [5.41, 5.74) is 0.926. The molecule has 0 radical (unpaired) electrons. The van der Waals surface area contributed by atoms with Gasteiger partial charge >= 0.3 is 0 Å². The largest absolute Gasteiger partial charge is 0.497 e. The van der Waals surface area contributed by atoms with Crippen molar-refractivity contribution >= 4 is 10.0 Å². The molecule has 0 atom stereocenters. The number of rotatable bonds is 6. The lowest BCUT2D eigenvalue weighted by Gasteiger charge is -2.31. The van der Waals surface area contributed by atoms with E-state index in [2.05, 4.69) is 4.98 Å². The smallest absolute Gasteiger partial charge is 0.246 e. The average Bonchev–Trinajstić information content (AvgIpc) is 2.69. The summed E-state index contributed by atoms with van der Waals surface area (Å²) in [6.45, 7) is 2.68. The van der Waals surface area contributed by atoms with Gasteiger partial charge in [0.1, 0.15) is 28.2 Å². The zero-order valence-corrected chi connectivity index (χ0v) is 16.5. The third-order valence-corrected chi connectivity index (χ3v) is 6.50. The average molecular weight is 392 g/mol. The van der Waals surface area contributed by atoms with E-state index in [1.54, 1.807) is 18.3 Å². The molecule has 2 heterocycles. The molecule has 1 aromatic carbocycles. The van der Waals surface area contributed by atoms with Crippen LogP contribution in [0, 0.1) is 6.92 Å². The third-order valence-electron chi connectivity index (χ3n) is 4.58. The number of benzene rings is 1. The molecule has 1 aromatic heterocycles. The van der Waals surface area contributed by atoms with Gasteiger partial charge in [0.25, 0.3) is 0 Å². The van der Waals surface area contributed by atoms with Crippen LogP contribution in [0.3, 0.4) is 0 Å². The van der Waals surface area contributed by atoms with E-state index in [1.807, 2.05) is 19.1 Å². The van der Waals surface area contributed by atoms with Crippen molar-refractivity contribution < 1.29 is 22.6 Å². The normalized spacial score (nSPS) is 16.1. The lowest BCUT2D eigenvalue weighted by Crippen LogP contribution is -2.41. The summed E-state index contributed by atoms with van der Waals surface area (Å²) < 4.78 is 44.0. The minimum atomic E-state index is -3.68. The van der Waals surface area contributed by atoms with Gasteiger partial charge in [0, 0.05) is 24.8 Å². The van der Waals surface area contributed by atoms with E-state index in [0.717, 1.165) is 5.69 Å². The summed E-state index contributed by atoms with van der Waals surface area (Å²) >= 11 is 0. The maximum absolute atomic E-state index is 13.1. The molecule has 1 aliphatic heterocycles. The van der Waals surface area contributed by atoms with E-state index in [9.17, 15) is 8.42 Å². The molecule has 0 unspecified atom stereocenters. The lowest BCUT2D eigenvalue weighted by atomic mass is 10.1. The van der Waals surface area contributed by atoms with Crippen molar-refractivity contribution in [1.82, 2.24) is 9.29 Å². The highest BCUT2D eigenvalue weighted by molar-refractivity contribution is 7.89. The van der Waals surface area contributed by atoms with E-state index in [0.29, 0.717) is 43.2 Å². The van der Waals surface area contributed by atoms with Gasteiger partial charge in [-0.3, -0.25) is 4.98 Å². The van der Waals surface area contributed by atoms with E-state index in [1.165, 1.54) is 24.6 Å². The number of aromatic nitrogens is 1. The molecule has 0 bridgehead atoms. The van der Waals surface area contributed by atoms with Gasteiger partial charge in [-0.05, 0) is 44.0 Å². The van der Waals surface area contributed by atoms with Gasteiger partial charge in [0.05, 0.1) is 20.4 Å². The first-order chi connectivity index (χ1) is 12.9. The Labute approximate surface area is 159 Å². The minimum Gasteiger partial charge on any atom is -0.497 e. The van der Waals surface area contributed by atoms with Crippen molar-refractivity contribution in [1.29, 1.82) is 0 Å². The van der Waals surface area contributed by atoms with Crippen molar-refractivity contribution in [2.75, 3.05) is 27.3 Å². The molecular weight excluding hydrogens is 368 g/mol. The highest BCUT2D eigenvalue weighted by Gasteiger charge is 2.32. The Morgan fingerprint density at radius 3 is 2.33 bits per heavy atom. The summed E-state index contributed by atoms with van der Waals surface area (Å²) in [7, 11) is -0.723. The van der Waals surface area contributed by atoms with Gasteiger partial charge < -0.3 is 14.2 Å². The summed E-state index contributed by atoms with van der Waals surface area (Å²) in [5.74, 6) is 1.48. The van der Waals surface area contributed by atoms with Crippen molar-refractivity contribution in [2.24, 2.45) is 0 Å². The van der Waals surface area contributed by atoms with Crippen LogP contribution < -0.4 is 14.2 Å². The monoisotopic (exact) mass is 392 g/mol. The van der Waals surface area contributed by atoms with Crippen LogP contribution in [0.2, 0.25) is 0 Å². The first kappa shape index (κ1) is 19.4. The van der Waals surface area contributed by atoms with Crippen LogP contribution in [0.4, 0.5) is 0 Å². The van der Waals surface area contributed by atoms with Crippen LogP contribution in [0.5, 0.6) is 17.2 Å². The first-order valence-electron chi connectivity index (χ1n) is 8.75. The van der Waals surface area contributed by atoms with Crippen LogP contribution in [0.1, 0.15) is 18.5 Å². The molecule has 3 rings (SSSR count). The van der Waals surface area contributed by atoms with E-state index in [4.69, 9.17) is 14.2 Å². The summed E-state index contributed by atoms with van der Waals surface area (Å²) in [6, 6.07) is 8.55. The quantitative estimate of drug-likeness (QED) is 0.752. The lowest BCUT2D eigenvalue weighted by molar-refractivity contribution is 0.134. The molecule has 8 heteroatoms. The molecule has 1 aliphatic rings. The van der Waals surface area contributed by atoms with Crippen molar-refractivity contribution in [3.8, 4) is 17.2 Å². The second-order valence-corrected chi connectivity index (χ2v) is 8.28. The van der Waals surface area contributed by atoms with Gasteiger partial charge in [0.2, 0.25) is 10.0 Å². The molecule has 27 heavy (non-hydrogen) atoms. The van der Waals surface area contributed by atoms with Gasteiger partial charge in [0.15, 0.2) is 0 Å². The Kier molecular flexibility index (Phi) is 5.86. The van der Waals surface area contributed by atoms with Crippen LogP contribution in [0.25, 0.3) is 0 Å². The predicted octanol–water partition coefficient (Wildman–Crippen LogP) is 2.64. The number of methoxy groups -OCH3 is 2. The van der Waals surface area contributed by atoms with Crippen LogP contribution in [-0.2, 0) is 10.0 Å². The number of nitrogens with zero attached hydrogens (tertiary/aromatic N) is 2. The maximum Gasteiger partial charge on any atom is 0.246 e. The molecule has 0 amide bonds. The highest BCUT2D eigenvalue weighted by Crippen LogP contribution is 2.32. The van der Waals surface area contributed by atoms with Crippen LogP contribution in [-0.4, -0.2) is 51.1 Å². The Morgan fingerprint density at radius 2 is 1.74 bits per heavy atom. The number of hydrogen-bond acceptors (Lipinski definition) is 6. The van der Waals surface area contributed by atoms with Gasteiger partial charge in [-0.15, -0.1) is 0 Å². The number of sulfonamides is 1. The first-order valence-corrected chi connectivity index (χ1v) is 10.2. The standard InChI is InChI=1S/C19H24N2O5S/c1-14-4-5-17(13-20-14)26-15-8-10-21(11-9-15)27(22,23)19-12-16(24-2)6-7-18(19)25-3/h4-7,12-13,15H,8-11H2,1-3H3. The molecule has 0 spiro atoms. The third kappa shape index (κ3) is 4.33. The molecule has 0 saturated carbocycles. The van der Waals surface area contributed by atoms with Crippen LogP contribution in [0.15, 0.2) is 41.4 Å². The molecule has 1 saturated heterocycles. The summed E-state index contributed by atoms with van der Waals surface area (Å²) in [5, 5.41) is 0. The Bertz CT molecular complexity index is 875. The van der Waals surface area contributed by atoms with Gasteiger partial charge in [-0.1, -0.05) is 0 Å². The number of pyridine rings is 1. The van der Waals surface area contributed by atoms with Crippen molar-refractivity contribution in [3.05, 3.63) is 42.2 Å². The molecule has 0 aliphatic carbocycles. The van der Waals surface area contributed by atoms with Gasteiger partial charge in [-0.25, -0.2) is 8.42 Å². The summed E-state index contributed by atoms with van der Waals surface area (Å²) in [4.78, 5) is 4.33. The van der Waals surface area contributed by atoms with E-state index >= 15 is 0 Å². The maximum atomic E-state index is 13.1. The van der Waals surface area contributed by atoms with Crippen molar-refractivity contribution in [3.63, 3.8) is 0 Å². The molecular formula is C19H24N2O5S. The molecule has 0 N–H and O–H groups in total. The molecule has 1 fully saturated rings. The van der Waals surface area contributed by atoms with E-state index in [-0.39, 0.29) is 11.0 Å². The Morgan fingerprint density at radius 1 is 1.04 bits per heavy atom. The minimum absolute atomic E-state index is 0.0341. The number of piperidine rings is 1. The van der Waals surface area contributed by atoms with Crippen LogP contribution >= 0.6 is 0 Å². The zero-order chi connectivity index (χ0) is 19.4. The topological polar surface area (TPSA) is 78.0 Å². The molecule has 146 valence electrons. The molecule has 2 aromatic rings. The fourth-order valence-electron chi connectivity index (χ4n) is 3.03. The highest BCUT2D eigenvalue weighted by atomic mass is 32.2. The van der Waals surface area contributed by atoms with Gasteiger partial charge in [-0.2, -0.15) is 4.31 Å². The zero-order valence-electron chi connectivity index (χ0n) is 15.7. The number of aryl methyl sites for hydroxylation is 1.